The van der Waals surface area contributed by atoms with Crippen molar-refractivity contribution in [1.29, 1.82) is 0 Å². The molecule has 0 bridgehead atoms. The van der Waals surface area contributed by atoms with Gasteiger partial charge in [-0.2, -0.15) is 0 Å². The minimum Gasteiger partial charge on any atom is -0.393 e. The van der Waals surface area contributed by atoms with Gasteiger partial charge in [0.05, 0.1) is 0 Å². The first-order valence-electron chi connectivity index (χ1n) is 5.15. The number of aromatic nitrogens is 2. The Bertz CT molecular complexity index is 351. The van der Waals surface area contributed by atoms with Crippen molar-refractivity contribution < 1.29 is 0 Å². The fraction of sp³-hybridized carbons (Fsp3) is 0.600. The summed E-state index contributed by atoms with van der Waals surface area (Å²) >= 11 is 5.84. The molecule has 1 heterocycles. The predicted octanol–water partition coefficient (Wildman–Crippen LogP) is 1.95. The molecule has 2 rings (SSSR count). The van der Waals surface area contributed by atoms with Crippen LogP contribution >= 0.6 is 11.6 Å². The minimum absolute atomic E-state index is 0.334. The molecule has 4 nitrogen and oxygen atoms in total. The average molecular weight is 227 g/mol. The quantitative estimate of drug-likeness (QED) is 0.801. The van der Waals surface area contributed by atoms with Gasteiger partial charge >= 0.3 is 0 Å². The molecule has 0 aliphatic heterocycles. The average Bonchev–Trinajstić information content (AvgIpc) is 2.15. The van der Waals surface area contributed by atoms with Crippen LogP contribution in [0.1, 0.15) is 19.3 Å². The molecule has 0 radical (unpaired) electrons. The van der Waals surface area contributed by atoms with Crippen LogP contribution in [0, 0.1) is 5.92 Å². The lowest BCUT2D eigenvalue weighted by atomic mass is 9.85. The Labute approximate surface area is 94.5 Å². The third-order valence-electron chi connectivity index (χ3n) is 2.93. The second-order valence-electron chi connectivity index (χ2n) is 4.08. The van der Waals surface area contributed by atoms with Crippen molar-refractivity contribution in [2.75, 3.05) is 24.2 Å². The van der Waals surface area contributed by atoms with E-state index in [1.54, 1.807) is 0 Å². The molecular weight excluding hydrogens is 212 g/mol. The van der Waals surface area contributed by atoms with Gasteiger partial charge in [0.25, 0.3) is 0 Å². The summed E-state index contributed by atoms with van der Waals surface area (Å²) in [5, 5.41) is 0.334. The molecule has 15 heavy (non-hydrogen) atoms. The number of nitrogens with two attached hydrogens (primary N) is 1. The summed E-state index contributed by atoms with van der Waals surface area (Å²) in [5.41, 5.74) is 6.29. The lowest BCUT2D eigenvalue weighted by molar-refractivity contribution is 0.321. The molecule has 1 saturated carbocycles. The van der Waals surface area contributed by atoms with Gasteiger partial charge in [-0.15, -0.1) is 0 Å². The van der Waals surface area contributed by atoms with Gasteiger partial charge in [-0.05, 0) is 18.8 Å². The molecule has 0 amide bonds. The van der Waals surface area contributed by atoms with Crippen LogP contribution in [-0.4, -0.2) is 23.6 Å². The summed E-state index contributed by atoms with van der Waals surface area (Å²) in [6.07, 6.45) is 5.41. The first-order valence-corrected chi connectivity index (χ1v) is 5.53. The largest absolute Gasteiger partial charge is 0.393 e. The zero-order chi connectivity index (χ0) is 10.8. The van der Waals surface area contributed by atoms with E-state index in [0.29, 0.717) is 10.8 Å². The second kappa shape index (κ2) is 4.23. The van der Waals surface area contributed by atoms with Crippen LogP contribution in [0.4, 0.5) is 11.5 Å². The van der Waals surface area contributed by atoms with Crippen LogP contribution in [0.3, 0.4) is 0 Å². The minimum atomic E-state index is 0.334. The highest BCUT2D eigenvalue weighted by Gasteiger charge is 2.21. The highest BCUT2D eigenvalue weighted by Crippen LogP contribution is 2.30. The lowest BCUT2D eigenvalue weighted by Gasteiger charge is -2.31. The second-order valence-corrected chi connectivity index (χ2v) is 4.44. The van der Waals surface area contributed by atoms with E-state index in [0.717, 1.165) is 18.3 Å². The molecule has 1 aromatic rings. The van der Waals surface area contributed by atoms with Crippen molar-refractivity contribution in [2.24, 2.45) is 5.92 Å². The first kappa shape index (κ1) is 10.5. The molecule has 0 saturated heterocycles. The molecular formula is C10H15ClN4. The van der Waals surface area contributed by atoms with Gasteiger partial charge in [0, 0.05) is 13.6 Å². The third-order valence-corrected chi connectivity index (χ3v) is 3.23. The van der Waals surface area contributed by atoms with Crippen molar-refractivity contribution in [3.05, 3.63) is 11.5 Å². The van der Waals surface area contributed by atoms with Gasteiger partial charge in [-0.3, -0.25) is 0 Å². The predicted molar refractivity (Wildman–Crippen MR) is 62.1 cm³/mol. The van der Waals surface area contributed by atoms with Crippen molar-refractivity contribution in [2.45, 2.75) is 19.3 Å². The molecule has 1 aliphatic carbocycles. The fourth-order valence-corrected chi connectivity index (χ4v) is 1.95. The van der Waals surface area contributed by atoms with E-state index in [2.05, 4.69) is 14.9 Å². The molecule has 1 aliphatic rings. The van der Waals surface area contributed by atoms with Crippen LogP contribution in [0.15, 0.2) is 6.33 Å². The maximum atomic E-state index is 5.84. The Kier molecular flexibility index (Phi) is 2.95. The normalized spacial score (nSPS) is 16.1. The molecule has 2 N–H and O–H groups in total. The van der Waals surface area contributed by atoms with Crippen molar-refractivity contribution in [3.63, 3.8) is 0 Å². The van der Waals surface area contributed by atoms with Crippen LogP contribution in [0.5, 0.6) is 0 Å². The molecule has 0 atom stereocenters. The van der Waals surface area contributed by atoms with E-state index in [9.17, 15) is 0 Å². The number of nitrogen functional groups attached to an aromatic ring is 1. The van der Waals surface area contributed by atoms with Gasteiger partial charge < -0.3 is 10.6 Å². The Morgan fingerprint density at radius 3 is 2.87 bits per heavy atom. The molecule has 1 fully saturated rings. The van der Waals surface area contributed by atoms with Crippen molar-refractivity contribution >= 4 is 23.1 Å². The van der Waals surface area contributed by atoms with Gasteiger partial charge in [0.15, 0.2) is 11.0 Å². The Morgan fingerprint density at radius 1 is 1.53 bits per heavy atom. The van der Waals surface area contributed by atoms with E-state index in [1.165, 1.54) is 25.6 Å². The smallest absolute Gasteiger partial charge is 0.157 e. The van der Waals surface area contributed by atoms with Crippen LogP contribution in [0.25, 0.3) is 0 Å². The van der Waals surface area contributed by atoms with Crippen LogP contribution in [-0.2, 0) is 0 Å². The maximum absolute atomic E-state index is 5.84. The number of halogens is 1. The summed E-state index contributed by atoms with van der Waals surface area (Å²) in [4.78, 5) is 10.1. The topological polar surface area (TPSA) is 55.0 Å². The monoisotopic (exact) mass is 226 g/mol. The molecule has 5 heteroatoms. The maximum Gasteiger partial charge on any atom is 0.157 e. The summed E-state index contributed by atoms with van der Waals surface area (Å²) in [6.45, 7) is 0.998. The highest BCUT2D eigenvalue weighted by atomic mass is 35.5. The number of anilines is 2. The Morgan fingerprint density at radius 2 is 2.27 bits per heavy atom. The SMILES string of the molecule is CN(CC1CCC1)c1ncnc(Cl)c1N. The molecule has 0 spiro atoms. The van der Waals surface area contributed by atoms with E-state index in [-0.39, 0.29) is 0 Å². The zero-order valence-corrected chi connectivity index (χ0v) is 9.54. The zero-order valence-electron chi connectivity index (χ0n) is 8.78. The third kappa shape index (κ3) is 2.15. The van der Waals surface area contributed by atoms with Gasteiger partial charge in [0.1, 0.15) is 12.0 Å². The fourth-order valence-electron chi connectivity index (χ4n) is 1.82. The van der Waals surface area contributed by atoms with Crippen LogP contribution < -0.4 is 10.6 Å². The summed E-state index contributed by atoms with van der Waals surface area (Å²) in [6, 6.07) is 0. The Balaban J connectivity index is 2.09. The van der Waals surface area contributed by atoms with E-state index in [1.807, 2.05) is 7.05 Å². The van der Waals surface area contributed by atoms with Crippen molar-refractivity contribution in [3.8, 4) is 0 Å². The van der Waals surface area contributed by atoms with Crippen LogP contribution in [0.2, 0.25) is 5.15 Å². The molecule has 1 aromatic heterocycles. The van der Waals surface area contributed by atoms with Gasteiger partial charge in [0.2, 0.25) is 0 Å². The Hall–Kier alpha value is -1.03. The number of hydrogen-bond acceptors (Lipinski definition) is 4. The number of rotatable bonds is 3. The summed E-state index contributed by atoms with van der Waals surface area (Å²) in [5.74, 6) is 1.52. The number of nitrogens with zero attached hydrogens (tertiary/aromatic N) is 3. The molecule has 0 unspecified atom stereocenters. The van der Waals surface area contributed by atoms with E-state index < -0.39 is 0 Å². The summed E-state index contributed by atoms with van der Waals surface area (Å²) < 4.78 is 0. The molecule has 0 aromatic carbocycles. The standard InChI is InChI=1S/C10H15ClN4/c1-15(5-7-3-2-4-7)10-8(12)9(11)13-6-14-10/h6-7H,2-5,12H2,1H3. The van der Waals surface area contributed by atoms with Crippen molar-refractivity contribution in [1.82, 2.24) is 9.97 Å². The lowest BCUT2D eigenvalue weighted by Crippen LogP contribution is -2.30. The first-order chi connectivity index (χ1) is 7.18. The highest BCUT2D eigenvalue weighted by molar-refractivity contribution is 6.32. The molecule has 82 valence electrons. The van der Waals surface area contributed by atoms with Gasteiger partial charge in [-0.25, -0.2) is 9.97 Å². The van der Waals surface area contributed by atoms with E-state index in [4.69, 9.17) is 17.3 Å². The number of hydrogen-bond donors (Lipinski definition) is 1. The summed E-state index contributed by atoms with van der Waals surface area (Å²) in [7, 11) is 1.99. The van der Waals surface area contributed by atoms with Gasteiger partial charge in [-0.1, -0.05) is 18.0 Å². The van der Waals surface area contributed by atoms with E-state index >= 15 is 0 Å².